The molecule has 1 rings (SSSR count). The SMILES string of the molecule is C[C](CCCCCO)C1CC1. The number of hydrogen-bond acceptors (Lipinski definition) is 1. The molecule has 65 valence electrons. The minimum Gasteiger partial charge on any atom is -0.396 e. The second kappa shape index (κ2) is 4.76. The normalized spacial score (nSPS) is 17.7. The summed E-state index contributed by atoms with van der Waals surface area (Å²) in [6, 6.07) is 0. The Hall–Kier alpha value is -0.0400. The Morgan fingerprint density at radius 1 is 1.27 bits per heavy atom. The van der Waals surface area contributed by atoms with Crippen molar-refractivity contribution >= 4 is 0 Å². The summed E-state index contributed by atoms with van der Waals surface area (Å²) in [5.41, 5.74) is 0. The average Bonchev–Trinajstić information content (AvgIpc) is 2.79. The van der Waals surface area contributed by atoms with Crippen LogP contribution in [0.5, 0.6) is 0 Å². The molecule has 1 saturated carbocycles. The molecule has 1 nitrogen and oxygen atoms in total. The molecule has 0 amide bonds. The molecular weight excluding hydrogens is 136 g/mol. The van der Waals surface area contributed by atoms with Crippen LogP contribution in [-0.2, 0) is 0 Å². The maximum Gasteiger partial charge on any atom is 0.0431 e. The standard InChI is InChI=1S/C10H19O/c1-9(10-6-7-10)5-3-2-4-8-11/h10-11H,2-8H2,1H3. The number of aliphatic hydroxyl groups is 1. The highest BCUT2D eigenvalue weighted by Gasteiger charge is 2.27. The summed E-state index contributed by atoms with van der Waals surface area (Å²) in [6.07, 6.45) is 7.63. The smallest absolute Gasteiger partial charge is 0.0431 e. The highest BCUT2D eigenvalue weighted by atomic mass is 16.2. The van der Waals surface area contributed by atoms with E-state index in [4.69, 9.17) is 5.11 Å². The van der Waals surface area contributed by atoms with Crippen LogP contribution < -0.4 is 0 Å². The molecule has 1 fully saturated rings. The van der Waals surface area contributed by atoms with Crippen LogP contribution in [0, 0.1) is 11.8 Å². The molecule has 0 aromatic heterocycles. The van der Waals surface area contributed by atoms with E-state index in [1.54, 1.807) is 5.92 Å². The first kappa shape index (κ1) is 9.05. The Morgan fingerprint density at radius 2 is 2.00 bits per heavy atom. The van der Waals surface area contributed by atoms with Gasteiger partial charge >= 0.3 is 0 Å². The Labute approximate surface area is 69.8 Å². The van der Waals surface area contributed by atoms with Crippen molar-refractivity contribution in [2.75, 3.05) is 6.61 Å². The fourth-order valence-corrected chi connectivity index (χ4v) is 1.47. The van der Waals surface area contributed by atoms with Gasteiger partial charge in [-0.1, -0.05) is 19.8 Å². The first-order valence-electron chi connectivity index (χ1n) is 4.77. The van der Waals surface area contributed by atoms with Crippen molar-refractivity contribution in [1.82, 2.24) is 0 Å². The van der Waals surface area contributed by atoms with E-state index in [-0.39, 0.29) is 0 Å². The van der Waals surface area contributed by atoms with E-state index in [9.17, 15) is 0 Å². The van der Waals surface area contributed by atoms with Gasteiger partial charge in [-0.25, -0.2) is 0 Å². The Bertz CT molecular complexity index is 97.0. The predicted octanol–water partition coefficient (Wildman–Crippen LogP) is 2.54. The van der Waals surface area contributed by atoms with Crippen LogP contribution >= 0.6 is 0 Å². The summed E-state index contributed by atoms with van der Waals surface area (Å²) in [6.45, 7) is 2.65. The van der Waals surface area contributed by atoms with Crippen LogP contribution in [0.2, 0.25) is 0 Å². The topological polar surface area (TPSA) is 20.2 Å². The van der Waals surface area contributed by atoms with Gasteiger partial charge in [0.05, 0.1) is 0 Å². The molecule has 0 saturated heterocycles. The third kappa shape index (κ3) is 3.76. The first-order valence-corrected chi connectivity index (χ1v) is 4.77. The minimum atomic E-state index is 0.364. The number of aliphatic hydroxyl groups excluding tert-OH is 1. The highest BCUT2D eigenvalue weighted by Crippen LogP contribution is 2.40. The second-order valence-electron chi connectivity index (χ2n) is 3.65. The predicted molar refractivity (Wildman–Crippen MR) is 47.2 cm³/mol. The lowest BCUT2D eigenvalue weighted by molar-refractivity contribution is 0.282. The van der Waals surface area contributed by atoms with E-state index in [1.165, 1.54) is 32.1 Å². The van der Waals surface area contributed by atoms with Gasteiger partial charge in [0.25, 0.3) is 0 Å². The zero-order chi connectivity index (χ0) is 8.10. The summed E-state index contributed by atoms with van der Waals surface area (Å²) < 4.78 is 0. The third-order valence-corrected chi connectivity index (χ3v) is 2.50. The molecule has 0 spiro atoms. The zero-order valence-electron chi connectivity index (χ0n) is 7.47. The van der Waals surface area contributed by atoms with Crippen molar-refractivity contribution in [1.29, 1.82) is 0 Å². The van der Waals surface area contributed by atoms with Crippen LogP contribution in [0.3, 0.4) is 0 Å². The molecule has 0 heterocycles. The molecule has 1 aliphatic rings. The lowest BCUT2D eigenvalue weighted by Gasteiger charge is -2.07. The Kier molecular flexibility index (Phi) is 3.92. The van der Waals surface area contributed by atoms with Crippen molar-refractivity contribution < 1.29 is 5.11 Å². The fourth-order valence-electron chi connectivity index (χ4n) is 1.47. The second-order valence-corrected chi connectivity index (χ2v) is 3.65. The number of unbranched alkanes of at least 4 members (excludes halogenated alkanes) is 2. The van der Waals surface area contributed by atoms with Crippen LogP contribution in [0.4, 0.5) is 0 Å². The Morgan fingerprint density at radius 3 is 2.55 bits per heavy atom. The van der Waals surface area contributed by atoms with Crippen LogP contribution in [0.1, 0.15) is 45.4 Å². The van der Waals surface area contributed by atoms with Gasteiger partial charge in [-0.3, -0.25) is 0 Å². The molecule has 0 bridgehead atoms. The molecule has 0 atom stereocenters. The lowest BCUT2D eigenvalue weighted by atomic mass is 9.99. The van der Waals surface area contributed by atoms with Gasteiger partial charge in [-0.05, 0) is 37.5 Å². The third-order valence-electron chi connectivity index (χ3n) is 2.50. The van der Waals surface area contributed by atoms with Crippen molar-refractivity contribution in [3.8, 4) is 0 Å². The zero-order valence-corrected chi connectivity index (χ0v) is 7.47. The monoisotopic (exact) mass is 155 g/mol. The number of hydrogen-bond donors (Lipinski definition) is 1. The summed E-state index contributed by atoms with van der Waals surface area (Å²) in [4.78, 5) is 0. The summed E-state index contributed by atoms with van der Waals surface area (Å²) in [7, 11) is 0. The van der Waals surface area contributed by atoms with E-state index in [2.05, 4.69) is 6.92 Å². The maximum absolute atomic E-state index is 8.55. The van der Waals surface area contributed by atoms with Gasteiger partial charge < -0.3 is 5.11 Å². The molecule has 0 aromatic carbocycles. The molecule has 0 unspecified atom stereocenters. The van der Waals surface area contributed by atoms with Crippen molar-refractivity contribution in [2.24, 2.45) is 5.92 Å². The molecular formula is C10H19O. The molecule has 1 aliphatic carbocycles. The van der Waals surface area contributed by atoms with E-state index in [0.717, 1.165) is 12.3 Å². The van der Waals surface area contributed by atoms with Crippen molar-refractivity contribution in [2.45, 2.75) is 45.4 Å². The van der Waals surface area contributed by atoms with Crippen molar-refractivity contribution in [3.63, 3.8) is 0 Å². The summed E-state index contributed by atoms with van der Waals surface area (Å²) in [5, 5.41) is 8.55. The van der Waals surface area contributed by atoms with E-state index in [1.807, 2.05) is 0 Å². The van der Waals surface area contributed by atoms with Gasteiger partial charge in [0, 0.05) is 6.61 Å². The van der Waals surface area contributed by atoms with Crippen LogP contribution in [0.25, 0.3) is 0 Å². The van der Waals surface area contributed by atoms with E-state index >= 15 is 0 Å². The van der Waals surface area contributed by atoms with Gasteiger partial charge in [0.2, 0.25) is 0 Å². The first-order chi connectivity index (χ1) is 5.34. The van der Waals surface area contributed by atoms with Crippen LogP contribution in [0.15, 0.2) is 0 Å². The molecule has 0 aliphatic heterocycles. The molecule has 1 N–H and O–H groups in total. The molecule has 11 heavy (non-hydrogen) atoms. The highest BCUT2D eigenvalue weighted by molar-refractivity contribution is 4.99. The summed E-state index contributed by atoms with van der Waals surface area (Å²) >= 11 is 0. The van der Waals surface area contributed by atoms with Gasteiger partial charge in [-0.2, -0.15) is 0 Å². The van der Waals surface area contributed by atoms with Gasteiger partial charge in [-0.15, -0.1) is 0 Å². The maximum atomic E-state index is 8.55. The average molecular weight is 155 g/mol. The fraction of sp³-hybridized carbons (Fsp3) is 0.900. The number of rotatable bonds is 6. The van der Waals surface area contributed by atoms with E-state index in [0.29, 0.717) is 6.61 Å². The molecule has 1 heteroatoms. The van der Waals surface area contributed by atoms with E-state index < -0.39 is 0 Å². The van der Waals surface area contributed by atoms with Gasteiger partial charge in [0.15, 0.2) is 0 Å². The van der Waals surface area contributed by atoms with Crippen LogP contribution in [-0.4, -0.2) is 11.7 Å². The quantitative estimate of drug-likeness (QED) is 0.584. The minimum absolute atomic E-state index is 0.364. The van der Waals surface area contributed by atoms with Crippen molar-refractivity contribution in [3.05, 3.63) is 5.92 Å². The molecule has 1 radical (unpaired) electrons. The molecule has 0 aromatic rings. The largest absolute Gasteiger partial charge is 0.396 e. The Balaban J connectivity index is 1.85. The summed E-state index contributed by atoms with van der Waals surface area (Å²) in [5.74, 6) is 2.67. The lowest BCUT2D eigenvalue weighted by Crippen LogP contribution is -1.94. The van der Waals surface area contributed by atoms with Gasteiger partial charge in [0.1, 0.15) is 0 Å².